The summed E-state index contributed by atoms with van der Waals surface area (Å²) in [5.41, 5.74) is 0.144. The molecule has 1 aromatic rings. The third-order valence-corrected chi connectivity index (χ3v) is 2.15. The van der Waals surface area contributed by atoms with Crippen LogP contribution in [0.5, 0.6) is 5.75 Å². The number of carbonyl (C=O) groups is 1. The molecule has 0 aliphatic heterocycles. The van der Waals surface area contributed by atoms with Crippen LogP contribution >= 0.6 is 0 Å². The number of hydrogen-bond donors (Lipinski definition) is 1. The van der Waals surface area contributed by atoms with Gasteiger partial charge in [-0.15, -0.1) is 0 Å². The topological polar surface area (TPSA) is 89.7 Å². The quantitative estimate of drug-likeness (QED) is 0.475. The smallest absolute Gasteiger partial charge is 0.311 e. The largest absolute Gasteiger partial charge is 0.483 e. The minimum Gasteiger partial charge on any atom is -0.483 e. The van der Waals surface area contributed by atoms with E-state index in [0.29, 0.717) is 5.56 Å². The fraction of sp³-hybridized carbons (Fsp3) is 0.250. The normalized spacial score (nSPS) is 10.5. The van der Waals surface area contributed by atoms with Crippen molar-refractivity contribution in [3.8, 4) is 5.75 Å². The number of ether oxygens (including phenoxy) is 1. The molecule has 6 nitrogen and oxygen atoms in total. The van der Waals surface area contributed by atoms with Crippen molar-refractivity contribution in [3.63, 3.8) is 0 Å². The molecule has 0 fully saturated rings. The molecule has 96 valence electrons. The summed E-state index contributed by atoms with van der Waals surface area (Å²) in [5.74, 6) is -0.904. The van der Waals surface area contributed by atoms with Gasteiger partial charge in [0.05, 0.1) is 11.3 Å². The van der Waals surface area contributed by atoms with Crippen molar-refractivity contribution < 1.29 is 19.6 Å². The maximum Gasteiger partial charge on any atom is 0.311 e. The molecule has 18 heavy (non-hydrogen) atoms. The zero-order valence-corrected chi connectivity index (χ0v) is 9.83. The van der Waals surface area contributed by atoms with Gasteiger partial charge in [0, 0.05) is 6.07 Å². The van der Waals surface area contributed by atoms with E-state index in [1.165, 1.54) is 18.2 Å². The minimum atomic E-state index is -1.04. The van der Waals surface area contributed by atoms with Gasteiger partial charge in [-0.05, 0) is 18.6 Å². The van der Waals surface area contributed by atoms with Gasteiger partial charge in [0.25, 0.3) is 0 Å². The van der Waals surface area contributed by atoms with Crippen LogP contribution in [0.25, 0.3) is 0 Å². The summed E-state index contributed by atoms with van der Waals surface area (Å²) >= 11 is 0. The van der Waals surface area contributed by atoms with Gasteiger partial charge in [-0.2, -0.15) is 0 Å². The number of aliphatic carboxylic acids is 1. The predicted octanol–water partition coefficient (Wildman–Crippen LogP) is 2.18. The van der Waals surface area contributed by atoms with E-state index >= 15 is 0 Å². The molecule has 1 rings (SSSR count). The van der Waals surface area contributed by atoms with Gasteiger partial charge >= 0.3 is 11.7 Å². The van der Waals surface area contributed by atoms with Gasteiger partial charge in [0.15, 0.2) is 5.75 Å². The van der Waals surface area contributed by atoms with Gasteiger partial charge in [-0.25, -0.2) is 0 Å². The standard InChI is InChI=1S/C12H13NO5/c1-2-3-6-18-11-5-4-9(8-12(14)15)7-10(11)13(16)17/h2-5,7H,6,8H2,1H3,(H,14,15)/b3-2+. The number of benzene rings is 1. The molecule has 0 saturated heterocycles. The third-order valence-electron chi connectivity index (χ3n) is 2.15. The summed E-state index contributed by atoms with van der Waals surface area (Å²) in [4.78, 5) is 20.8. The Morgan fingerprint density at radius 2 is 2.28 bits per heavy atom. The third kappa shape index (κ3) is 3.89. The highest BCUT2D eigenvalue weighted by atomic mass is 16.6. The SMILES string of the molecule is C/C=C/COc1ccc(CC(=O)O)cc1[N+](=O)[O-]. The summed E-state index contributed by atoms with van der Waals surface area (Å²) in [7, 11) is 0. The molecule has 0 spiro atoms. The molecule has 0 unspecified atom stereocenters. The lowest BCUT2D eigenvalue weighted by Gasteiger charge is -2.05. The molecule has 0 amide bonds. The molecule has 0 aromatic heterocycles. The monoisotopic (exact) mass is 251 g/mol. The van der Waals surface area contributed by atoms with Gasteiger partial charge in [-0.1, -0.05) is 18.2 Å². The van der Waals surface area contributed by atoms with Gasteiger partial charge < -0.3 is 9.84 Å². The molecule has 0 aliphatic rings. The molecule has 0 radical (unpaired) electrons. The highest BCUT2D eigenvalue weighted by Gasteiger charge is 2.16. The Bertz CT molecular complexity index is 481. The summed E-state index contributed by atoms with van der Waals surface area (Å²) in [6, 6.07) is 4.14. The number of rotatable bonds is 6. The maximum absolute atomic E-state index is 10.9. The number of nitro benzene ring substituents is 1. The number of nitro groups is 1. The maximum atomic E-state index is 10.9. The Hall–Kier alpha value is -2.37. The highest BCUT2D eigenvalue weighted by Crippen LogP contribution is 2.28. The van der Waals surface area contributed by atoms with Crippen LogP contribution in [0.2, 0.25) is 0 Å². The summed E-state index contributed by atoms with van der Waals surface area (Å²) < 4.78 is 5.22. The second-order valence-electron chi connectivity index (χ2n) is 3.51. The van der Waals surface area contributed by atoms with Gasteiger partial charge in [0.1, 0.15) is 6.61 Å². The first-order valence-corrected chi connectivity index (χ1v) is 5.27. The second kappa shape index (κ2) is 6.39. The Morgan fingerprint density at radius 1 is 1.56 bits per heavy atom. The molecule has 0 bridgehead atoms. The van der Waals surface area contributed by atoms with Crippen molar-refractivity contribution in [2.45, 2.75) is 13.3 Å². The summed E-state index contributed by atoms with van der Waals surface area (Å²) in [5, 5.41) is 19.5. The van der Waals surface area contributed by atoms with Crippen molar-refractivity contribution in [2.75, 3.05) is 6.61 Å². The van der Waals surface area contributed by atoms with Crippen molar-refractivity contribution >= 4 is 11.7 Å². The Kier molecular flexibility index (Phi) is 4.86. The number of hydrogen-bond acceptors (Lipinski definition) is 4. The van der Waals surface area contributed by atoms with Gasteiger partial charge in [0.2, 0.25) is 0 Å². The summed E-state index contributed by atoms with van der Waals surface area (Å²) in [6.07, 6.45) is 3.23. The molecule has 0 saturated carbocycles. The lowest BCUT2D eigenvalue weighted by molar-refractivity contribution is -0.385. The van der Waals surface area contributed by atoms with Crippen LogP contribution in [0.1, 0.15) is 12.5 Å². The van der Waals surface area contributed by atoms with Gasteiger partial charge in [-0.3, -0.25) is 14.9 Å². The van der Waals surface area contributed by atoms with Crippen molar-refractivity contribution in [1.82, 2.24) is 0 Å². The van der Waals surface area contributed by atoms with Crippen LogP contribution < -0.4 is 4.74 Å². The molecule has 0 atom stereocenters. The fourth-order valence-electron chi connectivity index (χ4n) is 1.35. The Balaban J connectivity index is 2.96. The first-order valence-electron chi connectivity index (χ1n) is 5.27. The van der Waals surface area contributed by atoms with E-state index in [4.69, 9.17) is 9.84 Å². The van der Waals surface area contributed by atoms with Crippen LogP contribution in [0.15, 0.2) is 30.4 Å². The molecular formula is C12H13NO5. The molecule has 0 heterocycles. The Morgan fingerprint density at radius 3 is 2.83 bits per heavy atom. The van der Waals surface area contributed by atoms with Crippen LogP contribution in [0.4, 0.5) is 5.69 Å². The lowest BCUT2D eigenvalue weighted by atomic mass is 10.1. The van der Waals surface area contributed by atoms with Crippen LogP contribution in [0.3, 0.4) is 0 Å². The first kappa shape index (κ1) is 13.7. The van der Waals surface area contributed by atoms with E-state index < -0.39 is 10.9 Å². The molecule has 0 aliphatic carbocycles. The fourth-order valence-corrected chi connectivity index (χ4v) is 1.35. The van der Waals surface area contributed by atoms with Crippen LogP contribution in [0, 0.1) is 10.1 Å². The second-order valence-corrected chi connectivity index (χ2v) is 3.51. The van der Waals surface area contributed by atoms with E-state index in [9.17, 15) is 14.9 Å². The number of carboxylic acid groups (broad SMARTS) is 1. The number of allylic oxidation sites excluding steroid dienone is 1. The average Bonchev–Trinajstić information content (AvgIpc) is 2.30. The number of nitrogens with zero attached hydrogens (tertiary/aromatic N) is 1. The average molecular weight is 251 g/mol. The lowest BCUT2D eigenvalue weighted by Crippen LogP contribution is -2.03. The summed E-state index contributed by atoms with van der Waals surface area (Å²) in [6.45, 7) is 2.04. The minimum absolute atomic E-state index is 0.132. The predicted molar refractivity (Wildman–Crippen MR) is 64.7 cm³/mol. The van der Waals surface area contributed by atoms with E-state index in [1.54, 1.807) is 12.2 Å². The first-order chi connectivity index (χ1) is 8.54. The number of carboxylic acids is 1. The molecule has 1 N–H and O–H groups in total. The molecule has 1 aromatic carbocycles. The van der Waals surface area contributed by atoms with Crippen molar-refractivity contribution in [3.05, 3.63) is 46.0 Å². The van der Waals surface area contributed by atoms with Crippen LogP contribution in [-0.2, 0) is 11.2 Å². The van der Waals surface area contributed by atoms with Crippen molar-refractivity contribution in [2.24, 2.45) is 0 Å². The zero-order valence-electron chi connectivity index (χ0n) is 9.83. The molecule has 6 heteroatoms. The van der Waals surface area contributed by atoms with E-state index in [2.05, 4.69) is 0 Å². The van der Waals surface area contributed by atoms with E-state index in [-0.39, 0.29) is 24.5 Å². The highest BCUT2D eigenvalue weighted by molar-refractivity contribution is 5.71. The van der Waals surface area contributed by atoms with E-state index in [1.807, 2.05) is 6.92 Å². The van der Waals surface area contributed by atoms with Crippen molar-refractivity contribution in [1.29, 1.82) is 0 Å². The Labute approximate surface area is 104 Å². The molecular weight excluding hydrogens is 238 g/mol. The zero-order chi connectivity index (χ0) is 13.5. The van der Waals surface area contributed by atoms with Crippen LogP contribution in [-0.4, -0.2) is 22.6 Å². The van der Waals surface area contributed by atoms with E-state index in [0.717, 1.165) is 0 Å².